The van der Waals surface area contributed by atoms with E-state index < -0.39 is 11.4 Å². The van der Waals surface area contributed by atoms with Crippen LogP contribution >= 0.6 is 0 Å². The van der Waals surface area contributed by atoms with Crippen LogP contribution in [-0.2, 0) is 19.7 Å². The van der Waals surface area contributed by atoms with Crippen molar-refractivity contribution in [3.63, 3.8) is 0 Å². The topological polar surface area (TPSA) is 35.5 Å². The zero-order valence-corrected chi connectivity index (χ0v) is 8.35. The molecule has 0 amide bonds. The lowest BCUT2D eigenvalue weighted by Gasteiger charge is -2.19. The molecule has 4 heteroatoms. The van der Waals surface area contributed by atoms with Gasteiger partial charge in [0.1, 0.15) is 6.61 Å². The van der Waals surface area contributed by atoms with E-state index in [1.165, 1.54) is 6.42 Å². The lowest BCUT2D eigenvalue weighted by Crippen LogP contribution is -2.18. The van der Waals surface area contributed by atoms with Crippen molar-refractivity contribution >= 4 is 11.4 Å². The van der Waals surface area contributed by atoms with E-state index >= 15 is 0 Å². The van der Waals surface area contributed by atoms with Gasteiger partial charge in [-0.3, -0.25) is 8.37 Å². The first-order valence-corrected chi connectivity index (χ1v) is 5.48. The second-order valence-corrected chi connectivity index (χ2v) is 3.86. The lowest BCUT2D eigenvalue weighted by molar-refractivity contribution is 0.149. The van der Waals surface area contributed by atoms with Crippen LogP contribution in [-0.4, -0.2) is 16.9 Å². The Kier molecular flexibility index (Phi) is 5.06. The molecular weight excluding hydrogens is 188 g/mol. The Balaban J connectivity index is 2.15. The summed E-state index contributed by atoms with van der Waals surface area (Å²) in [4.78, 5) is 0. The minimum atomic E-state index is -1.66. The summed E-state index contributed by atoms with van der Waals surface area (Å²) in [5.74, 6) is 2.24. The Morgan fingerprint density at radius 3 is 2.69 bits per heavy atom. The van der Waals surface area contributed by atoms with Crippen LogP contribution in [0.5, 0.6) is 0 Å². The maximum absolute atomic E-state index is 11.0. The monoisotopic (exact) mass is 202 g/mol. The molecule has 0 aromatic carbocycles. The van der Waals surface area contributed by atoms with E-state index in [-0.39, 0.29) is 12.7 Å². The standard InChI is InChI=1S/C9H14O3S/c1-2-8-11-13(10)12-9-6-4-3-5-7-9/h1,9H,3-8H2. The van der Waals surface area contributed by atoms with E-state index in [1.807, 2.05) is 0 Å². The zero-order chi connectivity index (χ0) is 9.52. The van der Waals surface area contributed by atoms with Crippen LogP contribution in [0.25, 0.3) is 0 Å². The van der Waals surface area contributed by atoms with Crippen LogP contribution < -0.4 is 0 Å². The quantitative estimate of drug-likeness (QED) is 0.649. The van der Waals surface area contributed by atoms with E-state index in [2.05, 4.69) is 5.92 Å². The van der Waals surface area contributed by atoms with Gasteiger partial charge in [-0.05, 0) is 12.8 Å². The van der Waals surface area contributed by atoms with Crippen LogP contribution in [0.2, 0.25) is 0 Å². The molecule has 0 aromatic heterocycles. The number of hydrogen-bond donors (Lipinski definition) is 0. The molecule has 0 aliphatic heterocycles. The highest BCUT2D eigenvalue weighted by Crippen LogP contribution is 2.21. The second-order valence-electron chi connectivity index (χ2n) is 3.03. The highest BCUT2D eigenvalue weighted by molar-refractivity contribution is 7.75. The predicted molar refractivity (Wildman–Crippen MR) is 50.9 cm³/mol. The van der Waals surface area contributed by atoms with E-state index in [0.717, 1.165) is 25.7 Å². The fraction of sp³-hybridized carbons (Fsp3) is 0.778. The summed E-state index contributed by atoms with van der Waals surface area (Å²) in [5.41, 5.74) is 0. The van der Waals surface area contributed by atoms with Crippen molar-refractivity contribution in [2.75, 3.05) is 6.61 Å². The van der Waals surface area contributed by atoms with E-state index in [1.54, 1.807) is 0 Å². The summed E-state index contributed by atoms with van der Waals surface area (Å²) in [7, 11) is 0. The predicted octanol–water partition coefficient (Wildman–Crippen LogP) is 1.56. The Morgan fingerprint density at radius 1 is 1.38 bits per heavy atom. The van der Waals surface area contributed by atoms with E-state index in [4.69, 9.17) is 14.8 Å². The van der Waals surface area contributed by atoms with Crippen LogP contribution in [0.15, 0.2) is 0 Å². The summed E-state index contributed by atoms with van der Waals surface area (Å²) in [5, 5.41) is 0. The molecule has 1 fully saturated rings. The molecule has 1 unspecified atom stereocenters. The molecule has 0 spiro atoms. The summed E-state index contributed by atoms with van der Waals surface area (Å²) >= 11 is -1.66. The Morgan fingerprint density at radius 2 is 2.08 bits per heavy atom. The van der Waals surface area contributed by atoms with Crippen molar-refractivity contribution in [3.8, 4) is 12.3 Å². The zero-order valence-electron chi connectivity index (χ0n) is 7.53. The minimum Gasteiger partial charge on any atom is -0.265 e. The average molecular weight is 202 g/mol. The van der Waals surface area contributed by atoms with Crippen molar-refractivity contribution < 1.29 is 12.6 Å². The van der Waals surface area contributed by atoms with Gasteiger partial charge in [0.15, 0.2) is 0 Å². The van der Waals surface area contributed by atoms with Gasteiger partial charge in [0, 0.05) is 0 Å². The fourth-order valence-electron chi connectivity index (χ4n) is 1.38. The summed E-state index contributed by atoms with van der Waals surface area (Å²) in [6, 6.07) is 0. The molecule has 0 radical (unpaired) electrons. The van der Waals surface area contributed by atoms with Gasteiger partial charge in [-0.15, -0.1) is 6.42 Å². The maximum atomic E-state index is 11.0. The largest absolute Gasteiger partial charge is 0.305 e. The number of rotatable bonds is 4. The molecule has 1 aliphatic carbocycles. The third-order valence-corrected chi connectivity index (χ3v) is 2.74. The van der Waals surface area contributed by atoms with Gasteiger partial charge in [0.25, 0.3) is 0 Å². The van der Waals surface area contributed by atoms with Gasteiger partial charge in [-0.25, -0.2) is 0 Å². The highest BCUT2D eigenvalue weighted by Gasteiger charge is 2.16. The molecule has 3 nitrogen and oxygen atoms in total. The van der Waals surface area contributed by atoms with Crippen LogP contribution in [0.4, 0.5) is 0 Å². The SMILES string of the molecule is C#CCOS(=O)OC1CCCCC1. The lowest BCUT2D eigenvalue weighted by atomic mass is 9.98. The van der Waals surface area contributed by atoms with Gasteiger partial charge in [-0.1, -0.05) is 25.2 Å². The van der Waals surface area contributed by atoms with Crippen LogP contribution in [0, 0.1) is 12.3 Å². The van der Waals surface area contributed by atoms with Gasteiger partial charge in [0.2, 0.25) is 0 Å². The summed E-state index contributed by atoms with van der Waals surface area (Å²) in [6.07, 6.45) is 10.5. The van der Waals surface area contributed by atoms with Gasteiger partial charge < -0.3 is 0 Å². The summed E-state index contributed by atoms with van der Waals surface area (Å²) < 4.78 is 20.9. The number of terminal acetylenes is 1. The maximum Gasteiger partial charge on any atom is 0.305 e. The minimum absolute atomic E-state index is 0.0410. The van der Waals surface area contributed by atoms with Crippen LogP contribution in [0.1, 0.15) is 32.1 Å². The number of hydrogen-bond acceptors (Lipinski definition) is 3. The van der Waals surface area contributed by atoms with Gasteiger partial charge in [0.05, 0.1) is 6.10 Å². The van der Waals surface area contributed by atoms with E-state index in [9.17, 15) is 4.21 Å². The normalized spacial score (nSPS) is 20.8. The van der Waals surface area contributed by atoms with Crippen molar-refractivity contribution in [1.29, 1.82) is 0 Å². The first-order valence-electron chi connectivity index (χ1n) is 4.48. The molecule has 1 rings (SSSR count). The Bertz CT molecular complexity index is 203. The average Bonchev–Trinajstić information content (AvgIpc) is 2.16. The fourth-order valence-corrected chi connectivity index (χ4v) is 2.02. The third-order valence-electron chi connectivity index (χ3n) is 2.01. The Labute approximate surface area is 81.7 Å². The van der Waals surface area contributed by atoms with E-state index in [0.29, 0.717) is 0 Å². The molecule has 0 heterocycles. The molecule has 0 saturated heterocycles. The van der Waals surface area contributed by atoms with Gasteiger partial charge >= 0.3 is 11.4 Å². The van der Waals surface area contributed by atoms with Crippen molar-refractivity contribution in [2.45, 2.75) is 38.2 Å². The second kappa shape index (κ2) is 6.14. The highest BCUT2D eigenvalue weighted by atomic mass is 32.2. The molecule has 1 atom stereocenters. The molecule has 0 aromatic rings. The molecule has 13 heavy (non-hydrogen) atoms. The summed E-state index contributed by atoms with van der Waals surface area (Å²) in [6.45, 7) is 0.0410. The van der Waals surface area contributed by atoms with Crippen molar-refractivity contribution in [2.24, 2.45) is 0 Å². The van der Waals surface area contributed by atoms with Crippen LogP contribution in [0.3, 0.4) is 0 Å². The molecule has 0 bridgehead atoms. The van der Waals surface area contributed by atoms with Crippen molar-refractivity contribution in [1.82, 2.24) is 0 Å². The van der Waals surface area contributed by atoms with Crippen molar-refractivity contribution in [3.05, 3.63) is 0 Å². The first-order chi connectivity index (χ1) is 6.33. The molecule has 0 N–H and O–H groups in total. The molecular formula is C9H14O3S. The smallest absolute Gasteiger partial charge is 0.265 e. The molecule has 1 saturated carbocycles. The first kappa shape index (κ1) is 10.7. The Hall–Kier alpha value is -0.370. The molecule has 74 valence electrons. The molecule has 1 aliphatic rings. The third kappa shape index (κ3) is 4.41. The van der Waals surface area contributed by atoms with Gasteiger partial charge in [-0.2, -0.15) is 4.21 Å².